The molecule has 0 heterocycles. The predicted molar refractivity (Wildman–Crippen MR) is 96.8 cm³/mol. The molecule has 0 radical (unpaired) electrons. The number of rotatable bonds is 6. The molecule has 0 atom stereocenters. The summed E-state index contributed by atoms with van der Waals surface area (Å²) in [4.78, 5) is 22.3. The Hall–Kier alpha value is -3.14. The van der Waals surface area contributed by atoms with Gasteiger partial charge in [-0.2, -0.15) is 5.10 Å². The van der Waals surface area contributed by atoms with Crippen LogP contribution in [0.5, 0.6) is 17.2 Å². The van der Waals surface area contributed by atoms with Gasteiger partial charge in [-0.05, 0) is 31.2 Å². The third kappa shape index (κ3) is 4.48. The molecule has 0 fully saturated rings. The van der Waals surface area contributed by atoms with E-state index in [0.29, 0.717) is 4.47 Å². The molecule has 136 valence electrons. The molecule has 2 rings (SSSR count). The molecule has 9 nitrogen and oxygen atoms in total. The summed E-state index contributed by atoms with van der Waals surface area (Å²) in [5.41, 5.74) is 1.89. The first-order valence-corrected chi connectivity index (χ1v) is 8.09. The molecule has 0 unspecified atom stereocenters. The number of phenols is 2. The SMILES string of the molecule is CCOc1cc(/C=N\NC(=O)c2cc(Br)ccc2O)cc([N+](=O)[O-])c1O. The molecule has 0 aliphatic heterocycles. The first-order chi connectivity index (χ1) is 12.3. The fourth-order valence-corrected chi connectivity index (χ4v) is 2.37. The van der Waals surface area contributed by atoms with Crippen molar-refractivity contribution < 1.29 is 24.7 Å². The van der Waals surface area contributed by atoms with E-state index in [0.717, 1.165) is 12.3 Å². The maximum Gasteiger partial charge on any atom is 0.315 e. The molecule has 0 aliphatic carbocycles. The van der Waals surface area contributed by atoms with E-state index in [1.807, 2.05) is 0 Å². The van der Waals surface area contributed by atoms with Crippen LogP contribution in [0.15, 0.2) is 39.9 Å². The van der Waals surface area contributed by atoms with Crippen molar-refractivity contribution in [3.8, 4) is 17.2 Å². The van der Waals surface area contributed by atoms with Gasteiger partial charge in [0.1, 0.15) is 5.75 Å². The Kier molecular flexibility index (Phi) is 6.12. The summed E-state index contributed by atoms with van der Waals surface area (Å²) in [6.45, 7) is 1.86. The zero-order valence-electron chi connectivity index (χ0n) is 13.5. The van der Waals surface area contributed by atoms with Crippen LogP contribution < -0.4 is 10.2 Å². The number of benzene rings is 2. The summed E-state index contributed by atoms with van der Waals surface area (Å²) in [5.74, 6) is -1.55. The number of phenolic OH excluding ortho intramolecular Hbond substituents is 2. The Morgan fingerprint density at radius 3 is 2.77 bits per heavy atom. The first-order valence-electron chi connectivity index (χ1n) is 7.29. The number of amides is 1. The number of nitrogens with zero attached hydrogens (tertiary/aromatic N) is 2. The van der Waals surface area contributed by atoms with E-state index in [1.165, 1.54) is 18.2 Å². The van der Waals surface area contributed by atoms with E-state index in [1.54, 1.807) is 13.0 Å². The molecular formula is C16H14BrN3O6. The van der Waals surface area contributed by atoms with E-state index in [9.17, 15) is 25.1 Å². The predicted octanol–water partition coefficient (Wildman–Crippen LogP) is 2.93. The van der Waals surface area contributed by atoms with Crippen LogP contribution >= 0.6 is 15.9 Å². The van der Waals surface area contributed by atoms with Gasteiger partial charge in [-0.3, -0.25) is 14.9 Å². The van der Waals surface area contributed by atoms with Gasteiger partial charge in [-0.15, -0.1) is 0 Å². The van der Waals surface area contributed by atoms with E-state index in [-0.39, 0.29) is 29.2 Å². The highest BCUT2D eigenvalue weighted by molar-refractivity contribution is 9.10. The van der Waals surface area contributed by atoms with Crippen molar-refractivity contribution in [1.82, 2.24) is 5.43 Å². The first kappa shape index (κ1) is 19.2. The summed E-state index contributed by atoms with van der Waals surface area (Å²) >= 11 is 3.19. The van der Waals surface area contributed by atoms with Crippen LogP contribution in [0.4, 0.5) is 5.69 Å². The largest absolute Gasteiger partial charge is 0.507 e. The van der Waals surface area contributed by atoms with E-state index in [4.69, 9.17) is 4.74 Å². The number of carbonyl (C=O) groups is 1. The van der Waals surface area contributed by atoms with Gasteiger partial charge in [0.25, 0.3) is 5.91 Å². The van der Waals surface area contributed by atoms with Crippen LogP contribution in [0.1, 0.15) is 22.8 Å². The Bertz CT molecular complexity index is 885. The number of hydrazone groups is 1. The maximum absolute atomic E-state index is 12.0. The average molecular weight is 424 g/mol. The number of halogens is 1. The Balaban J connectivity index is 2.23. The van der Waals surface area contributed by atoms with Crippen molar-refractivity contribution in [1.29, 1.82) is 0 Å². The molecule has 0 saturated carbocycles. The Morgan fingerprint density at radius 2 is 2.12 bits per heavy atom. The molecule has 0 bridgehead atoms. The molecule has 10 heteroatoms. The van der Waals surface area contributed by atoms with Crippen molar-refractivity contribution >= 4 is 33.7 Å². The Labute approximate surface area is 156 Å². The van der Waals surface area contributed by atoms with E-state index < -0.39 is 22.3 Å². The Morgan fingerprint density at radius 1 is 1.38 bits per heavy atom. The molecule has 26 heavy (non-hydrogen) atoms. The number of hydrogen-bond donors (Lipinski definition) is 3. The van der Waals surface area contributed by atoms with Crippen LogP contribution in [-0.4, -0.2) is 33.9 Å². The van der Waals surface area contributed by atoms with Gasteiger partial charge in [0.2, 0.25) is 5.75 Å². The van der Waals surface area contributed by atoms with E-state index in [2.05, 4.69) is 26.5 Å². The highest BCUT2D eigenvalue weighted by Gasteiger charge is 2.19. The van der Waals surface area contributed by atoms with Crippen molar-refractivity contribution in [2.75, 3.05) is 6.61 Å². The number of carbonyl (C=O) groups excluding carboxylic acids is 1. The van der Waals surface area contributed by atoms with Crippen LogP contribution in [0.2, 0.25) is 0 Å². The number of nitrogens with one attached hydrogen (secondary N) is 1. The fourth-order valence-electron chi connectivity index (χ4n) is 2.01. The summed E-state index contributed by atoms with van der Waals surface area (Å²) in [7, 11) is 0. The van der Waals surface area contributed by atoms with Crippen LogP contribution in [0, 0.1) is 10.1 Å². The van der Waals surface area contributed by atoms with Gasteiger partial charge in [0.05, 0.1) is 23.3 Å². The number of nitro groups is 1. The zero-order valence-corrected chi connectivity index (χ0v) is 15.1. The van der Waals surface area contributed by atoms with Gasteiger partial charge in [0.15, 0.2) is 5.75 Å². The smallest absolute Gasteiger partial charge is 0.315 e. The highest BCUT2D eigenvalue weighted by atomic mass is 79.9. The molecule has 0 aromatic heterocycles. The summed E-state index contributed by atoms with van der Waals surface area (Å²) in [6, 6.07) is 6.77. The molecular weight excluding hydrogens is 410 g/mol. The maximum atomic E-state index is 12.0. The van der Waals surface area contributed by atoms with Crippen molar-refractivity contribution in [3.05, 3.63) is 56.0 Å². The minimum atomic E-state index is -0.757. The second-order valence-electron chi connectivity index (χ2n) is 4.94. The van der Waals surface area contributed by atoms with Gasteiger partial charge in [0, 0.05) is 16.1 Å². The van der Waals surface area contributed by atoms with E-state index >= 15 is 0 Å². The van der Waals surface area contributed by atoms with Gasteiger partial charge in [-0.25, -0.2) is 5.43 Å². The third-order valence-electron chi connectivity index (χ3n) is 3.16. The second kappa shape index (κ2) is 8.30. The monoisotopic (exact) mass is 423 g/mol. The average Bonchev–Trinajstić information content (AvgIpc) is 2.59. The lowest BCUT2D eigenvalue weighted by Crippen LogP contribution is -2.17. The minimum absolute atomic E-state index is 0.00298. The molecule has 0 spiro atoms. The highest BCUT2D eigenvalue weighted by Crippen LogP contribution is 2.36. The lowest BCUT2D eigenvalue weighted by molar-refractivity contribution is -0.386. The van der Waals surface area contributed by atoms with Crippen molar-refractivity contribution in [2.45, 2.75) is 6.92 Å². The molecule has 0 saturated heterocycles. The standard InChI is InChI=1S/C16H14BrN3O6/c1-2-26-14-6-9(5-12(15(14)22)20(24)25)8-18-19-16(23)11-7-10(17)3-4-13(11)21/h3-8,21-22H,2H2,1H3,(H,19,23)/b18-8-. The molecule has 2 aromatic carbocycles. The normalized spacial score (nSPS) is 10.7. The molecule has 3 N–H and O–H groups in total. The van der Waals surface area contributed by atoms with Crippen molar-refractivity contribution in [3.63, 3.8) is 0 Å². The lowest BCUT2D eigenvalue weighted by atomic mass is 10.2. The number of aromatic hydroxyl groups is 2. The summed E-state index contributed by atoms with van der Waals surface area (Å²) in [5, 5.41) is 34.2. The molecule has 2 aromatic rings. The summed E-state index contributed by atoms with van der Waals surface area (Å²) < 4.78 is 5.75. The van der Waals surface area contributed by atoms with Gasteiger partial charge in [-0.1, -0.05) is 15.9 Å². The fraction of sp³-hybridized carbons (Fsp3) is 0.125. The van der Waals surface area contributed by atoms with Crippen LogP contribution in [0.3, 0.4) is 0 Å². The summed E-state index contributed by atoms with van der Waals surface area (Å²) in [6.07, 6.45) is 1.15. The van der Waals surface area contributed by atoms with Crippen molar-refractivity contribution in [2.24, 2.45) is 5.10 Å². The zero-order chi connectivity index (χ0) is 19.3. The molecule has 1 amide bonds. The topological polar surface area (TPSA) is 134 Å². The number of ether oxygens (including phenoxy) is 1. The number of hydrogen-bond acceptors (Lipinski definition) is 7. The quantitative estimate of drug-likeness (QED) is 0.371. The number of nitro benzene ring substituents is 1. The van der Waals surface area contributed by atoms with Gasteiger partial charge >= 0.3 is 5.69 Å². The third-order valence-corrected chi connectivity index (χ3v) is 3.65. The lowest BCUT2D eigenvalue weighted by Gasteiger charge is -2.07. The molecule has 0 aliphatic rings. The minimum Gasteiger partial charge on any atom is -0.507 e. The van der Waals surface area contributed by atoms with Crippen LogP contribution in [0.25, 0.3) is 0 Å². The van der Waals surface area contributed by atoms with Crippen LogP contribution in [-0.2, 0) is 0 Å². The van der Waals surface area contributed by atoms with Gasteiger partial charge < -0.3 is 14.9 Å². The second-order valence-corrected chi connectivity index (χ2v) is 5.85.